The molecule has 0 aliphatic carbocycles. The Labute approximate surface area is 134 Å². The SMILES string of the molecule is CCOc1c(Cl)cc(CNC(CO)c2ccco2)cc1OC. The van der Waals surface area contributed by atoms with Gasteiger partial charge < -0.3 is 24.3 Å². The van der Waals surface area contributed by atoms with Crippen molar-refractivity contribution >= 4 is 11.6 Å². The summed E-state index contributed by atoms with van der Waals surface area (Å²) in [6.07, 6.45) is 1.58. The lowest BCUT2D eigenvalue weighted by atomic mass is 10.1. The molecule has 120 valence electrons. The number of rotatable bonds is 8. The van der Waals surface area contributed by atoms with E-state index < -0.39 is 0 Å². The molecule has 1 aromatic carbocycles. The molecule has 0 fully saturated rings. The minimum absolute atomic E-state index is 0.0601. The third-order valence-electron chi connectivity index (χ3n) is 3.20. The zero-order valence-electron chi connectivity index (χ0n) is 12.6. The number of nitrogens with one attached hydrogen (secondary N) is 1. The summed E-state index contributed by atoms with van der Waals surface area (Å²) >= 11 is 6.24. The van der Waals surface area contributed by atoms with Crippen molar-refractivity contribution in [1.82, 2.24) is 5.32 Å². The van der Waals surface area contributed by atoms with Gasteiger partial charge in [-0.1, -0.05) is 11.6 Å². The molecule has 1 aromatic heterocycles. The van der Waals surface area contributed by atoms with E-state index in [2.05, 4.69) is 5.32 Å². The van der Waals surface area contributed by atoms with Gasteiger partial charge in [0.05, 0.1) is 37.7 Å². The fourth-order valence-corrected chi connectivity index (χ4v) is 2.43. The fourth-order valence-electron chi connectivity index (χ4n) is 2.15. The van der Waals surface area contributed by atoms with E-state index in [0.717, 1.165) is 5.56 Å². The van der Waals surface area contributed by atoms with E-state index in [1.807, 2.05) is 25.1 Å². The Bertz CT molecular complexity index is 586. The van der Waals surface area contributed by atoms with Gasteiger partial charge in [-0.3, -0.25) is 0 Å². The van der Waals surface area contributed by atoms with Gasteiger partial charge in [0.25, 0.3) is 0 Å². The van der Waals surface area contributed by atoms with Crippen LogP contribution in [0, 0.1) is 0 Å². The van der Waals surface area contributed by atoms with Gasteiger partial charge in [0.1, 0.15) is 5.76 Å². The third kappa shape index (κ3) is 3.94. The zero-order chi connectivity index (χ0) is 15.9. The van der Waals surface area contributed by atoms with E-state index in [9.17, 15) is 5.11 Å². The van der Waals surface area contributed by atoms with Gasteiger partial charge >= 0.3 is 0 Å². The van der Waals surface area contributed by atoms with Gasteiger partial charge in [-0.15, -0.1) is 0 Å². The molecule has 0 bridgehead atoms. The number of hydrogen-bond donors (Lipinski definition) is 2. The third-order valence-corrected chi connectivity index (χ3v) is 3.48. The van der Waals surface area contributed by atoms with Crippen molar-refractivity contribution in [3.8, 4) is 11.5 Å². The summed E-state index contributed by atoms with van der Waals surface area (Å²) in [7, 11) is 1.57. The number of aliphatic hydroxyl groups is 1. The topological polar surface area (TPSA) is 63.9 Å². The molecule has 2 rings (SSSR count). The number of furan rings is 1. The molecule has 0 spiro atoms. The Hall–Kier alpha value is -1.69. The van der Waals surface area contributed by atoms with E-state index >= 15 is 0 Å². The minimum Gasteiger partial charge on any atom is -0.493 e. The van der Waals surface area contributed by atoms with Crippen molar-refractivity contribution in [2.24, 2.45) is 0 Å². The van der Waals surface area contributed by atoms with Crippen molar-refractivity contribution in [3.05, 3.63) is 46.9 Å². The Morgan fingerprint density at radius 1 is 1.41 bits per heavy atom. The summed E-state index contributed by atoms with van der Waals surface area (Å²) in [5.41, 5.74) is 0.926. The molecule has 0 aliphatic rings. The number of hydrogen-bond acceptors (Lipinski definition) is 5. The van der Waals surface area contributed by atoms with Crippen molar-refractivity contribution in [1.29, 1.82) is 0 Å². The van der Waals surface area contributed by atoms with Crippen LogP contribution in [0.3, 0.4) is 0 Å². The van der Waals surface area contributed by atoms with Gasteiger partial charge in [0, 0.05) is 6.54 Å². The Balaban J connectivity index is 2.11. The molecule has 1 heterocycles. The second-order valence-corrected chi connectivity index (χ2v) is 5.08. The average Bonchev–Trinajstić information content (AvgIpc) is 3.04. The first kappa shape index (κ1) is 16.7. The van der Waals surface area contributed by atoms with E-state index in [1.165, 1.54) is 0 Å². The van der Waals surface area contributed by atoms with E-state index in [4.69, 9.17) is 25.5 Å². The molecule has 0 aliphatic heterocycles. The molecular weight excluding hydrogens is 306 g/mol. The molecule has 22 heavy (non-hydrogen) atoms. The predicted molar refractivity (Wildman–Crippen MR) is 84.5 cm³/mol. The smallest absolute Gasteiger partial charge is 0.179 e. The van der Waals surface area contributed by atoms with E-state index in [-0.39, 0.29) is 12.6 Å². The maximum atomic E-state index is 9.45. The van der Waals surface area contributed by atoms with Crippen LogP contribution < -0.4 is 14.8 Å². The molecule has 6 heteroatoms. The summed E-state index contributed by atoms with van der Waals surface area (Å²) in [4.78, 5) is 0. The normalized spacial score (nSPS) is 12.2. The number of ether oxygens (including phenoxy) is 2. The monoisotopic (exact) mass is 325 g/mol. The van der Waals surface area contributed by atoms with Gasteiger partial charge in [-0.25, -0.2) is 0 Å². The molecule has 0 radical (unpaired) electrons. The van der Waals surface area contributed by atoms with Crippen LogP contribution in [-0.2, 0) is 6.54 Å². The summed E-state index contributed by atoms with van der Waals surface area (Å²) in [6.45, 7) is 2.85. The van der Waals surface area contributed by atoms with Crippen LogP contribution in [0.25, 0.3) is 0 Å². The highest BCUT2D eigenvalue weighted by Crippen LogP contribution is 2.36. The summed E-state index contributed by atoms with van der Waals surface area (Å²) in [5, 5.41) is 13.2. The highest BCUT2D eigenvalue weighted by molar-refractivity contribution is 6.32. The number of aliphatic hydroxyl groups excluding tert-OH is 1. The lowest BCUT2D eigenvalue weighted by Crippen LogP contribution is -2.23. The molecule has 1 unspecified atom stereocenters. The summed E-state index contributed by atoms with van der Waals surface area (Å²) in [5.74, 6) is 1.82. The Morgan fingerprint density at radius 3 is 2.82 bits per heavy atom. The molecule has 0 saturated carbocycles. The van der Waals surface area contributed by atoms with Crippen LogP contribution in [0.4, 0.5) is 0 Å². The fraction of sp³-hybridized carbons (Fsp3) is 0.375. The lowest BCUT2D eigenvalue weighted by Gasteiger charge is -2.16. The second kappa shape index (κ2) is 8.08. The molecule has 0 amide bonds. The van der Waals surface area contributed by atoms with Crippen LogP contribution in [0.5, 0.6) is 11.5 Å². The molecule has 5 nitrogen and oxygen atoms in total. The van der Waals surface area contributed by atoms with Crippen LogP contribution >= 0.6 is 11.6 Å². The second-order valence-electron chi connectivity index (χ2n) is 4.67. The zero-order valence-corrected chi connectivity index (χ0v) is 13.4. The largest absolute Gasteiger partial charge is 0.493 e. The van der Waals surface area contributed by atoms with E-state index in [0.29, 0.717) is 35.4 Å². The first-order valence-corrected chi connectivity index (χ1v) is 7.44. The minimum atomic E-state index is -0.272. The summed E-state index contributed by atoms with van der Waals surface area (Å²) < 4.78 is 16.1. The van der Waals surface area contributed by atoms with Crippen LogP contribution in [0.15, 0.2) is 34.9 Å². The average molecular weight is 326 g/mol. The van der Waals surface area contributed by atoms with Gasteiger partial charge in [0.15, 0.2) is 11.5 Å². The molecule has 2 aromatic rings. The Morgan fingerprint density at radius 2 is 2.23 bits per heavy atom. The van der Waals surface area contributed by atoms with Crippen molar-refractivity contribution in [2.75, 3.05) is 20.3 Å². The number of benzene rings is 1. The molecular formula is C16H20ClNO4. The predicted octanol–water partition coefficient (Wildman–Crippen LogP) is 3.16. The highest BCUT2D eigenvalue weighted by atomic mass is 35.5. The van der Waals surface area contributed by atoms with Crippen LogP contribution in [0.2, 0.25) is 5.02 Å². The molecule has 0 saturated heterocycles. The number of halogens is 1. The van der Waals surface area contributed by atoms with Gasteiger partial charge in [-0.05, 0) is 36.8 Å². The quantitative estimate of drug-likeness (QED) is 0.780. The molecule has 1 atom stereocenters. The highest BCUT2D eigenvalue weighted by Gasteiger charge is 2.15. The maximum absolute atomic E-state index is 9.45. The first-order valence-electron chi connectivity index (χ1n) is 7.06. The molecule has 2 N–H and O–H groups in total. The summed E-state index contributed by atoms with van der Waals surface area (Å²) in [6, 6.07) is 7.01. The van der Waals surface area contributed by atoms with Crippen molar-refractivity contribution in [3.63, 3.8) is 0 Å². The van der Waals surface area contributed by atoms with E-state index in [1.54, 1.807) is 19.4 Å². The first-order chi connectivity index (χ1) is 10.7. The Kier molecular flexibility index (Phi) is 6.12. The van der Waals surface area contributed by atoms with Gasteiger partial charge in [-0.2, -0.15) is 0 Å². The maximum Gasteiger partial charge on any atom is 0.179 e. The standard InChI is InChI=1S/C16H20ClNO4/c1-3-21-16-12(17)7-11(8-15(16)20-2)9-18-13(10-19)14-5-4-6-22-14/h4-8,13,18-19H,3,9-10H2,1-2H3. The van der Waals surface area contributed by atoms with Gasteiger partial charge in [0.2, 0.25) is 0 Å². The van der Waals surface area contributed by atoms with Crippen LogP contribution in [0.1, 0.15) is 24.3 Å². The van der Waals surface area contributed by atoms with Crippen molar-refractivity contribution < 1.29 is 19.0 Å². The number of methoxy groups -OCH3 is 1. The lowest BCUT2D eigenvalue weighted by molar-refractivity contribution is 0.225. The van der Waals surface area contributed by atoms with Crippen LogP contribution in [-0.4, -0.2) is 25.4 Å². The van der Waals surface area contributed by atoms with Crippen molar-refractivity contribution in [2.45, 2.75) is 19.5 Å².